The zero-order chi connectivity index (χ0) is 14.8. The summed E-state index contributed by atoms with van der Waals surface area (Å²) in [7, 11) is 0. The Balaban J connectivity index is 2.16. The van der Waals surface area contributed by atoms with Crippen molar-refractivity contribution in [1.82, 2.24) is 5.32 Å². The van der Waals surface area contributed by atoms with E-state index in [1.807, 2.05) is 12.1 Å². The minimum Gasteiger partial charge on any atom is -0.311 e. The average Bonchev–Trinajstić information content (AvgIpc) is 2.32. The van der Waals surface area contributed by atoms with E-state index in [9.17, 15) is 0 Å². The van der Waals surface area contributed by atoms with Crippen LogP contribution in [0.2, 0.25) is 5.02 Å². The minimum absolute atomic E-state index is 0.157. The van der Waals surface area contributed by atoms with Crippen LogP contribution in [0.1, 0.15) is 58.9 Å². The number of nitrogens with one attached hydrogen (secondary N) is 1. The Morgan fingerprint density at radius 3 is 2.45 bits per heavy atom. The lowest BCUT2D eigenvalue weighted by atomic mass is 9.57. The molecule has 1 N–H and O–H groups in total. The van der Waals surface area contributed by atoms with Crippen molar-refractivity contribution in [2.75, 3.05) is 6.54 Å². The zero-order valence-corrected chi connectivity index (χ0v) is 14.1. The molecule has 0 aromatic heterocycles. The molecule has 2 rings (SSSR count). The van der Waals surface area contributed by atoms with Crippen LogP contribution in [0.5, 0.6) is 0 Å². The third-order valence-electron chi connectivity index (χ3n) is 4.46. The molecule has 0 amide bonds. The van der Waals surface area contributed by atoms with Crippen molar-refractivity contribution in [1.29, 1.82) is 0 Å². The third kappa shape index (κ3) is 3.56. The van der Waals surface area contributed by atoms with E-state index in [-0.39, 0.29) is 11.0 Å². The molecule has 1 aliphatic rings. The lowest BCUT2D eigenvalue weighted by Crippen LogP contribution is -2.52. The van der Waals surface area contributed by atoms with Gasteiger partial charge >= 0.3 is 0 Å². The SMILES string of the molecule is CCCC1CC(CNC(C)(C)C)(c2ccccc2Cl)C1. The second-order valence-corrected chi connectivity index (χ2v) is 7.83. The fourth-order valence-electron chi connectivity index (χ4n) is 3.44. The first kappa shape index (κ1) is 15.9. The molecule has 1 fully saturated rings. The molecule has 0 atom stereocenters. The maximum absolute atomic E-state index is 6.47. The highest BCUT2D eigenvalue weighted by atomic mass is 35.5. The van der Waals surface area contributed by atoms with Crippen molar-refractivity contribution in [3.63, 3.8) is 0 Å². The summed E-state index contributed by atoms with van der Waals surface area (Å²) < 4.78 is 0. The fraction of sp³-hybridized carbons (Fsp3) is 0.667. The molecule has 20 heavy (non-hydrogen) atoms. The van der Waals surface area contributed by atoms with Gasteiger partial charge in [0.2, 0.25) is 0 Å². The molecule has 112 valence electrons. The summed E-state index contributed by atoms with van der Waals surface area (Å²) in [5, 5.41) is 4.62. The van der Waals surface area contributed by atoms with Gasteiger partial charge in [-0.3, -0.25) is 0 Å². The van der Waals surface area contributed by atoms with Crippen molar-refractivity contribution in [3.05, 3.63) is 34.9 Å². The number of halogens is 1. The summed E-state index contributed by atoms with van der Waals surface area (Å²) >= 11 is 6.47. The molecule has 2 heteroatoms. The fourth-order valence-corrected chi connectivity index (χ4v) is 3.78. The Hall–Kier alpha value is -0.530. The van der Waals surface area contributed by atoms with Crippen LogP contribution >= 0.6 is 11.6 Å². The van der Waals surface area contributed by atoms with Gasteiger partial charge in [-0.2, -0.15) is 0 Å². The summed E-state index contributed by atoms with van der Waals surface area (Å²) in [5.74, 6) is 0.873. The topological polar surface area (TPSA) is 12.0 Å². The van der Waals surface area contributed by atoms with Crippen molar-refractivity contribution in [2.24, 2.45) is 5.92 Å². The Labute approximate surface area is 129 Å². The van der Waals surface area contributed by atoms with Gasteiger partial charge in [0, 0.05) is 22.5 Å². The van der Waals surface area contributed by atoms with E-state index >= 15 is 0 Å². The minimum atomic E-state index is 0.157. The highest BCUT2D eigenvalue weighted by molar-refractivity contribution is 6.31. The molecule has 0 saturated heterocycles. The Morgan fingerprint density at radius 2 is 1.90 bits per heavy atom. The second-order valence-electron chi connectivity index (χ2n) is 7.43. The molecule has 1 aromatic carbocycles. The van der Waals surface area contributed by atoms with Crippen LogP contribution in [0, 0.1) is 5.92 Å². The van der Waals surface area contributed by atoms with Gasteiger partial charge in [-0.05, 0) is 51.2 Å². The molecule has 0 spiro atoms. The quantitative estimate of drug-likeness (QED) is 0.789. The van der Waals surface area contributed by atoms with E-state index in [4.69, 9.17) is 11.6 Å². The van der Waals surface area contributed by atoms with Crippen LogP contribution in [0.4, 0.5) is 0 Å². The predicted molar refractivity (Wildman–Crippen MR) is 88.5 cm³/mol. The third-order valence-corrected chi connectivity index (χ3v) is 4.79. The van der Waals surface area contributed by atoms with E-state index in [0.29, 0.717) is 0 Å². The maximum Gasteiger partial charge on any atom is 0.0444 e. The largest absolute Gasteiger partial charge is 0.311 e. The molecule has 0 radical (unpaired) electrons. The lowest BCUT2D eigenvalue weighted by Gasteiger charge is -2.50. The second kappa shape index (κ2) is 6.07. The van der Waals surface area contributed by atoms with Gasteiger partial charge in [0.15, 0.2) is 0 Å². The van der Waals surface area contributed by atoms with E-state index in [0.717, 1.165) is 17.5 Å². The highest BCUT2D eigenvalue weighted by Crippen LogP contribution is 2.51. The monoisotopic (exact) mass is 293 g/mol. The molecule has 1 saturated carbocycles. The number of benzene rings is 1. The molecule has 1 aromatic rings. The first-order valence-corrected chi connectivity index (χ1v) is 8.24. The van der Waals surface area contributed by atoms with Crippen LogP contribution in [0.25, 0.3) is 0 Å². The normalized spacial score (nSPS) is 26.4. The smallest absolute Gasteiger partial charge is 0.0444 e. The molecule has 0 aliphatic heterocycles. The van der Waals surface area contributed by atoms with Gasteiger partial charge in [0.1, 0.15) is 0 Å². The van der Waals surface area contributed by atoms with Crippen molar-refractivity contribution in [2.45, 2.75) is 64.3 Å². The zero-order valence-electron chi connectivity index (χ0n) is 13.3. The van der Waals surface area contributed by atoms with Gasteiger partial charge in [0.05, 0.1) is 0 Å². The van der Waals surface area contributed by atoms with E-state index in [1.165, 1.54) is 31.2 Å². The van der Waals surface area contributed by atoms with Gasteiger partial charge in [-0.1, -0.05) is 49.6 Å². The van der Waals surface area contributed by atoms with E-state index in [2.05, 4.69) is 45.1 Å². The summed E-state index contributed by atoms with van der Waals surface area (Å²) in [5.41, 5.74) is 1.74. The summed E-state index contributed by atoms with van der Waals surface area (Å²) in [6, 6.07) is 8.39. The van der Waals surface area contributed by atoms with E-state index in [1.54, 1.807) is 0 Å². The molecule has 1 nitrogen and oxygen atoms in total. The van der Waals surface area contributed by atoms with E-state index < -0.39 is 0 Å². The molecular formula is C18H28ClN. The average molecular weight is 294 g/mol. The van der Waals surface area contributed by atoms with Crippen molar-refractivity contribution >= 4 is 11.6 Å². The maximum atomic E-state index is 6.47. The number of rotatable bonds is 5. The molecule has 0 unspecified atom stereocenters. The van der Waals surface area contributed by atoms with Crippen molar-refractivity contribution in [3.8, 4) is 0 Å². The van der Waals surface area contributed by atoms with Gasteiger partial charge in [0.25, 0.3) is 0 Å². The number of hydrogen-bond acceptors (Lipinski definition) is 1. The highest BCUT2D eigenvalue weighted by Gasteiger charge is 2.45. The van der Waals surface area contributed by atoms with Crippen LogP contribution in [-0.4, -0.2) is 12.1 Å². The van der Waals surface area contributed by atoms with Crippen LogP contribution in [-0.2, 0) is 5.41 Å². The van der Waals surface area contributed by atoms with Gasteiger partial charge in [-0.25, -0.2) is 0 Å². The molecular weight excluding hydrogens is 266 g/mol. The van der Waals surface area contributed by atoms with Crippen molar-refractivity contribution < 1.29 is 0 Å². The Kier molecular flexibility index (Phi) is 4.81. The summed E-state index contributed by atoms with van der Waals surface area (Å²) in [6.07, 6.45) is 5.18. The summed E-state index contributed by atoms with van der Waals surface area (Å²) in [4.78, 5) is 0. The van der Waals surface area contributed by atoms with Gasteiger partial charge < -0.3 is 5.32 Å². The molecule has 0 heterocycles. The standard InChI is InChI=1S/C18H28ClN/c1-5-8-14-11-18(12-14,13-20-17(2,3)4)15-9-6-7-10-16(15)19/h6-7,9-10,14,20H,5,8,11-13H2,1-4H3. The number of hydrogen-bond donors (Lipinski definition) is 1. The first-order chi connectivity index (χ1) is 9.36. The lowest BCUT2D eigenvalue weighted by molar-refractivity contribution is 0.120. The Bertz CT molecular complexity index is 441. The summed E-state index contributed by atoms with van der Waals surface area (Å²) in [6.45, 7) is 10.0. The Morgan fingerprint density at radius 1 is 1.25 bits per heavy atom. The first-order valence-electron chi connectivity index (χ1n) is 7.86. The molecule has 1 aliphatic carbocycles. The van der Waals surface area contributed by atoms with Crippen LogP contribution in [0.3, 0.4) is 0 Å². The van der Waals surface area contributed by atoms with Gasteiger partial charge in [-0.15, -0.1) is 0 Å². The van der Waals surface area contributed by atoms with Crippen LogP contribution in [0.15, 0.2) is 24.3 Å². The molecule has 0 bridgehead atoms. The predicted octanol–water partition coefficient (Wildman–Crippen LogP) is 5.18. The van der Waals surface area contributed by atoms with Crippen LogP contribution < -0.4 is 5.32 Å².